The van der Waals surface area contributed by atoms with Crippen molar-refractivity contribution >= 4 is 67.6 Å². The maximum absolute atomic E-state index is 6.83. The Bertz CT molecular complexity index is 2200. The van der Waals surface area contributed by atoms with Gasteiger partial charge in [-0.15, -0.1) is 11.3 Å². The lowest BCUT2D eigenvalue weighted by Crippen LogP contribution is -2.27. The van der Waals surface area contributed by atoms with Crippen LogP contribution < -0.4 is 4.74 Å². The molecule has 1 nitrogen and oxygen atoms in total. The molecule has 5 aromatic carbocycles. The van der Waals surface area contributed by atoms with E-state index in [2.05, 4.69) is 137 Å². The summed E-state index contributed by atoms with van der Waals surface area (Å²) in [6.07, 6.45) is 11.7. The van der Waals surface area contributed by atoms with Crippen LogP contribution in [0.25, 0.3) is 67.4 Å². The van der Waals surface area contributed by atoms with Crippen LogP contribution in [-0.4, -0.2) is 0 Å². The van der Waals surface area contributed by atoms with Crippen LogP contribution in [0.1, 0.15) is 53.6 Å². The topological polar surface area (TPSA) is 9.23 Å². The van der Waals surface area contributed by atoms with Crippen LogP contribution in [0.3, 0.4) is 0 Å². The molecule has 0 amide bonds. The molecule has 2 aliphatic rings. The number of rotatable bonds is 3. The summed E-state index contributed by atoms with van der Waals surface area (Å²) in [5.41, 5.74) is 7.26. The van der Waals surface area contributed by atoms with Crippen LogP contribution in [-0.2, 0) is 5.41 Å². The lowest BCUT2D eigenvalue weighted by Gasteiger charge is -2.36. The van der Waals surface area contributed by atoms with Crippen LogP contribution in [0.15, 0.2) is 109 Å². The van der Waals surface area contributed by atoms with Crippen LogP contribution in [0.5, 0.6) is 5.75 Å². The molecule has 1 aliphatic carbocycles. The zero-order valence-corrected chi connectivity index (χ0v) is 25.5. The van der Waals surface area contributed by atoms with E-state index < -0.39 is 0 Å². The Balaban J connectivity index is 1.28. The van der Waals surface area contributed by atoms with Crippen molar-refractivity contribution in [2.75, 3.05) is 0 Å². The summed E-state index contributed by atoms with van der Waals surface area (Å²) in [5.74, 6) is 1.96. The first-order valence-corrected chi connectivity index (χ1v) is 15.8. The Morgan fingerprint density at radius 3 is 2.09 bits per heavy atom. The van der Waals surface area contributed by atoms with Crippen molar-refractivity contribution in [2.24, 2.45) is 0 Å². The quantitative estimate of drug-likeness (QED) is 0.192. The van der Waals surface area contributed by atoms with E-state index in [0.717, 1.165) is 17.9 Å². The van der Waals surface area contributed by atoms with Gasteiger partial charge in [-0.05, 0) is 80.6 Å². The van der Waals surface area contributed by atoms with Crippen molar-refractivity contribution in [2.45, 2.75) is 32.6 Å². The van der Waals surface area contributed by atoms with E-state index in [4.69, 9.17) is 4.74 Å². The normalized spacial score (nSPS) is 15.4. The molecule has 0 saturated heterocycles. The zero-order valence-electron chi connectivity index (χ0n) is 24.7. The van der Waals surface area contributed by atoms with Crippen molar-refractivity contribution in [1.29, 1.82) is 0 Å². The van der Waals surface area contributed by atoms with Gasteiger partial charge in [-0.2, -0.15) is 0 Å². The molecule has 2 heteroatoms. The fourth-order valence-corrected chi connectivity index (χ4v) is 8.25. The van der Waals surface area contributed by atoms with Gasteiger partial charge >= 0.3 is 0 Å². The largest absolute Gasteiger partial charge is 0.456 e. The molecule has 0 radical (unpaired) electrons. The minimum Gasteiger partial charge on any atom is -0.456 e. The highest BCUT2D eigenvalue weighted by molar-refractivity contribution is 7.14. The van der Waals surface area contributed by atoms with Gasteiger partial charge in [0.2, 0.25) is 0 Å². The van der Waals surface area contributed by atoms with Crippen molar-refractivity contribution in [1.82, 2.24) is 0 Å². The average Bonchev–Trinajstić information content (AvgIpc) is 3.27. The van der Waals surface area contributed by atoms with Crippen LogP contribution in [0.2, 0.25) is 0 Å². The Kier molecular flexibility index (Phi) is 5.86. The summed E-state index contributed by atoms with van der Waals surface area (Å²) in [6.45, 7) is 10.9. The summed E-state index contributed by atoms with van der Waals surface area (Å²) < 4.78 is 6.83. The third-order valence-corrected chi connectivity index (χ3v) is 10.5. The van der Waals surface area contributed by atoms with E-state index in [9.17, 15) is 0 Å². The summed E-state index contributed by atoms with van der Waals surface area (Å²) in [6, 6.07) is 31.2. The van der Waals surface area contributed by atoms with Gasteiger partial charge in [-0.3, -0.25) is 0 Å². The van der Waals surface area contributed by atoms with Crippen LogP contribution >= 0.6 is 11.3 Å². The maximum atomic E-state index is 6.83. The van der Waals surface area contributed by atoms with Crippen LogP contribution in [0, 0.1) is 0 Å². The predicted octanol–water partition coefficient (Wildman–Crippen LogP) is 12.0. The molecule has 6 aromatic rings. The van der Waals surface area contributed by atoms with Gasteiger partial charge in [-0.1, -0.05) is 118 Å². The Labute approximate surface area is 256 Å². The summed E-state index contributed by atoms with van der Waals surface area (Å²) in [5, 5.41) is 7.78. The van der Waals surface area contributed by atoms with E-state index >= 15 is 0 Å². The van der Waals surface area contributed by atoms with Crippen molar-refractivity contribution < 1.29 is 4.74 Å². The number of thiophene rings is 1. The number of benzene rings is 5. The van der Waals surface area contributed by atoms with Crippen molar-refractivity contribution in [3.63, 3.8) is 0 Å². The number of allylic oxidation sites excluding steroid dienone is 3. The van der Waals surface area contributed by atoms with Gasteiger partial charge in [0, 0.05) is 27.0 Å². The second-order valence-corrected chi connectivity index (χ2v) is 13.1. The number of fused-ring (bicyclic) bond motifs is 9. The third kappa shape index (κ3) is 3.83. The molecule has 0 unspecified atom stereocenters. The number of hydrogen-bond acceptors (Lipinski definition) is 2. The molecule has 0 saturated carbocycles. The first-order valence-electron chi connectivity index (χ1n) is 15.0. The van der Waals surface area contributed by atoms with Gasteiger partial charge in [0.25, 0.3) is 0 Å². The lowest BCUT2D eigenvalue weighted by atomic mass is 9.73. The molecule has 43 heavy (non-hydrogen) atoms. The fraction of sp³-hybridized carbons (Fsp3) is 0.122. The standard InChI is InChI=1S/C41H32OS/c1-5-12-32-33-17-11-18-35-39(40(33)43-38(32)6-2)42-37-22-20-26(24-36(37)41(35,3)4)25-19-21-31-29-15-8-7-13-27(29)28-14-9-10-16-30(28)34(31)23-25/h5-17,19-24H,2,18H2,1,3-4H3/b12-5-. The monoisotopic (exact) mass is 572 g/mol. The lowest BCUT2D eigenvalue weighted by molar-refractivity contribution is 0.441. The van der Waals surface area contributed by atoms with E-state index in [1.807, 2.05) is 6.08 Å². The fourth-order valence-electron chi connectivity index (χ4n) is 7.12. The highest BCUT2D eigenvalue weighted by Crippen LogP contribution is 2.52. The molecule has 208 valence electrons. The summed E-state index contributed by atoms with van der Waals surface area (Å²) >= 11 is 1.78. The highest BCUT2D eigenvalue weighted by atomic mass is 32.1. The molecule has 0 atom stereocenters. The van der Waals surface area contributed by atoms with Crippen molar-refractivity contribution in [3.05, 3.63) is 136 Å². The van der Waals surface area contributed by atoms with Gasteiger partial charge < -0.3 is 4.74 Å². The van der Waals surface area contributed by atoms with Crippen LogP contribution in [0.4, 0.5) is 0 Å². The Morgan fingerprint density at radius 1 is 0.791 bits per heavy atom. The molecule has 2 heterocycles. The smallest absolute Gasteiger partial charge is 0.145 e. The average molecular weight is 573 g/mol. The summed E-state index contributed by atoms with van der Waals surface area (Å²) in [4.78, 5) is 2.38. The summed E-state index contributed by atoms with van der Waals surface area (Å²) in [7, 11) is 0. The SMILES string of the molecule is C=Cc1sc2c(c1/C=C\C)C=CCC1=C2Oc2ccc(-c3ccc4c5ccccc5c5ccccc5c4c3)cc2C1(C)C. The molecular formula is C41H32OS. The Morgan fingerprint density at radius 2 is 1.42 bits per heavy atom. The van der Waals surface area contributed by atoms with Gasteiger partial charge in [0.1, 0.15) is 11.5 Å². The molecule has 8 rings (SSSR count). The zero-order chi connectivity index (χ0) is 29.3. The molecule has 0 N–H and O–H groups in total. The molecule has 0 spiro atoms. The third-order valence-electron chi connectivity index (χ3n) is 9.31. The van der Waals surface area contributed by atoms with E-state index in [-0.39, 0.29) is 5.41 Å². The minimum absolute atomic E-state index is 0.191. The minimum atomic E-state index is -0.191. The first kappa shape index (κ1) is 26.0. The second-order valence-electron chi connectivity index (χ2n) is 12.0. The molecule has 1 aliphatic heterocycles. The van der Waals surface area contributed by atoms with Gasteiger partial charge in [-0.25, -0.2) is 0 Å². The van der Waals surface area contributed by atoms with Crippen molar-refractivity contribution in [3.8, 4) is 16.9 Å². The van der Waals surface area contributed by atoms with Gasteiger partial charge in [0.15, 0.2) is 0 Å². The maximum Gasteiger partial charge on any atom is 0.145 e. The molecule has 0 bridgehead atoms. The van der Waals surface area contributed by atoms with E-state index in [0.29, 0.717) is 0 Å². The molecule has 1 aromatic heterocycles. The van der Waals surface area contributed by atoms with E-state index in [1.54, 1.807) is 11.3 Å². The second kappa shape index (κ2) is 9.69. The number of hydrogen-bond donors (Lipinski definition) is 0. The number of ether oxygens (including phenoxy) is 1. The molecule has 0 fully saturated rings. The van der Waals surface area contributed by atoms with Gasteiger partial charge in [0.05, 0.1) is 4.88 Å². The Hall–Kier alpha value is -4.66. The van der Waals surface area contributed by atoms with E-state index in [1.165, 1.54) is 75.5 Å². The molecular weight excluding hydrogens is 541 g/mol. The first-order chi connectivity index (χ1) is 21.0. The predicted molar refractivity (Wildman–Crippen MR) is 188 cm³/mol. The highest BCUT2D eigenvalue weighted by Gasteiger charge is 2.38.